The number of thiocarbonyl (C=S) groups is 1. The van der Waals surface area contributed by atoms with E-state index in [-0.39, 0.29) is 0 Å². The molecule has 3 heteroatoms. The maximum atomic E-state index is 4.74. The van der Waals surface area contributed by atoms with E-state index in [0.717, 1.165) is 2.67 Å². The molecular formula is C3H5BrSSe. The summed E-state index contributed by atoms with van der Waals surface area (Å²) in [6.45, 7) is 2.13. The van der Waals surface area contributed by atoms with E-state index in [0.29, 0.717) is 15.0 Å². The van der Waals surface area contributed by atoms with Crippen LogP contribution in [0.2, 0.25) is 5.32 Å². The van der Waals surface area contributed by atoms with Crippen LogP contribution in [0.3, 0.4) is 0 Å². The van der Waals surface area contributed by atoms with Crippen LogP contribution in [-0.4, -0.2) is 17.6 Å². The third-order valence-electron chi connectivity index (χ3n) is 0.258. The second-order valence-corrected chi connectivity index (χ2v) is 6.83. The first-order valence-electron chi connectivity index (χ1n) is 1.59. The average molecular weight is 232 g/mol. The SMILES string of the molecule is CC[Se]C(=S)Br. The summed E-state index contributed by atoms with van der Waals surface area (Å²) in [5.74, 6) is 0. The molecule has 0 amide bonds. The Hall–Kier alpha value is 1.09. The average Bonchev–Trinajstić information content (AvgIpc) is 1.35. The molecule has 36 valence electrons. The van der Waals surface area contributed by atoms with Crippen LogP contribution in [0.4, 0.5) is 0 Å². The number of hydrogen-bond donors (Lipinski definition) is 0. The first kappa shape index (κ1) is 7.09. The molecule has 0 fully saturated rings. The van der Waals surface area contributed by atoms with Crippen LogP contribution in [0.1, 0.15) is 6.92 Å². The molecule has 0 rings (SSSR count). The van der Waals surface area contributed by atoms with E-state index in [1.165, 1.54) is 5.32 Å². The number of hydrogen-bond acceptors (Lipinski definition) is 1. The Morgan fingerprint density at radius 1 is 2.00 bits per heavy atom. The van der Waals surface area contributed by atoms with Gasteiger partial charge in [0, 0.05) is 0 Å². The number of rotatable bonds is 2. The minimum atomic E-state index is 0.565. The summed E-state index contributed by atoms with van der Waals surface area (Å²) in [4.78, 5) is 0. The first-order valence-corrected chi connectivity index (χ1v) is 4.86. The van der Waals surface area contributed by atoms with Crippen molar-refractivity contribution in [1.82, 2.24) is 0 Å². The molecule has 0 unspecified atom stereocenters. The van der Waals surface area contributed by atoms with E-state index in [4.69, 9.17) is 12.2 Å². The van der Waals surface area contributed by atoms with Gasteiger partial charge in [-0.05, 0) is 0 Å². The fourth-order valence-electron chi connectivity index (χ4n) is 0.113. The van der Waals surface area contributed by atoms with Crippen LogP contribution in [0.15, 0.2) is 0 Å². The monoisotopic (exact) mass is 232 g/mol. The van der Waals surface area contributed by atoms with Crippen molar-refractivity contribution in [2.75, 3.05) is 0 Å². The minimum absolute atomic E-state index is 0.565. The Kier molecular flexibility index (Phi) is 5.03. The van der Waals surface area contributed by atoms with Crippen LogP contribution in [-0.2, 0) is 0 Å². The summed E-state index contributed by atoms with van der Waals surface area (Å²) in [6, 6.07) is 0. The molecule has 0 nitrogen and oxygen atoms in total. The van der Waals surface area contributed by atoms with E-state index in [2.05, 4.69) is 22.9 Å². The Balaban J connectivity index is 2.83. The maximum absolute atomic E-state index is 4.74. The van der Waals surface area contributed by atoms with Crippen molar-refractivity contribution in [1.29, 1.82) is 0 Å². The fourth-order valence-corrected chi connectivity index (χ4v) is 2.39. The molecular weight excluding hydrogens is 227 g/mol. The molecule has 0 radical (unpaired) electrons. The third kappa shape index (κ3) is 5.09. The summed E-state index contributed by atoms with van der Waals surface area (Å²) in [6.07, 6.45) is 0. The van der Waals surface area contributed by atoms with Gasteiger partial charge < -0.3 is 0 Å². The molecule has 0 aromatic heterocycles. The molecule has 0 aromatic carbocycles. The van der Waals surface area contributed by atoms with Gasteiger partial charge in [0.25, 0.3) is 0 Å². The van der Waals surface area contributed by atoms with Crippen molar-refractivity contribution < 1.29 is 0 Å². The second kappa shape index (κ2) is 4.25. The molecule has 0 aliphatic rings. The van der Waals surface area contributed by atoms with Crippen LogP contribution >= 0.6 is 28.1 Å². The molecule has 0 atom stereocenters. The summed E-state index contributed by atoms with van der Waals surface area (Å²) in [5.41, 5.74) is 0. The van der Waals surface area contributed by atoms with Crippen LogP contribution < -0.4 is 0 Å². The predicted octanol–water partition coefficient (Wildman–Crippen LogP) is 1.81. The van der Waals surface area contributed by atoms with E-state index in [9.17, 15) is 0 Å². The van der Waals surface area contributed by atoms with Crippen molar-refractivity contribution in [2.45, 2.75) is 12.2 Å². The van der Waals surface area contributed by atoms with E-state index < -0.39 is 0 Å². The summed E-state index contributed by atoms with van der Waals surface area (Å²) in [7, 11) is 0. The van der Waals surface area contributed by atoms with Crippen LogP contribution in [0.25, 0.3) is 0 Å². The predicted molar refractivity (Wildman–Crippen MR) is 37.8 cm³/mol. The fraction of sp³-hybridized carbons (Fsp3) is 0.667. The van der Waals surface area contributed by atoms with Gasteiger partial charge in [0.2, 0.25) is 0 Å². The normalized spacial score (nSPS) is 8.33. The Morgan fingerprint density at radius 3 is 2.50 bits per heavy atom. The molecule has 0 aromatic rings. The van der Waals surface area contributed by atoms with Gasteiger partial charge in [-0.2, -0.15) is 0 Å². The van der Waals surface area contributed by atoms with Crippen LogP contribution in [0, 0.1) is 0 Å². The van der Waals surface area contributed by atoms with Crippen molar-refractivity contribution in [3.63, 3.8) is 0 Å². The Labute approximate surface area is 58.0 Å². The van der Waals surface area contributed by atoms with E-state index >= 15 is 0 Å². The van der Waals surface area contributed by atoms with E-state index in [1.807, 2.05) is 0 Å². The zero-order valence-corrected chi connectivity index (χ0v) is 7.52. The van der Waals surface area contributed by atoms with Gasteiger partial charge in [-0.25, -0.2) is 0 Å². The molecule has 0 saturated heterocycles. The molecule has 0 spiro atoms. The second-order valence-electron chi connectivity index (χ2n) is 0.671. The van der Waals surface area contributed by atoms with Gasteiger partial charge in [-0.15, -0.1) is 0 Å². The number of halogens is 1. The van der Waals surface area contributed by atoms with Crippen molar-refractivity contribution >= 4 is 45.8 Å². The molecule has 0 aliphatic carbocycles. The van der Waals surface area contributed by atoms with Gasteiger partial charge in [0.05, 0.1) is 0 Å². The first-order chi connectivity index (χ1) is 2.77. The van der Waals surface area contributed by atoms with Gasteiger partial charge in [0.1, 0.15) is 0 Å². The van der Waals surface area contributed by atoms with Crippen molar-refractivity contribution in [3.8, 4) is 0 Å². The Morgan fingerprint density at radius 2 is 2.50 bits per heavy atom. The zero-order valence-electron chi connectivity index (χ0n) is 3.40. The van der Waals surface area contributed by atoms with Gasteiger partial charge in [-0.3, -0.25) is 0 Å². The third-order valence-corrected chi connectivity index (χ3v) is 3.14. The van der Waals surface area contributed by atoms with Crippen molar-refractivity contribution in [2.24, 2.45) is 0 Å². The standard InChI is InChI=1S/C3H5BrSSe/c1-2-6-3(4)5/h2H2,1H3. The molecule has 0 bridgehead atoms. The summed E-state index contributed by atoms with van der Waals surface area (Å²) >= 11 is 8.50. The molecule has 6 heavy (non-hydrogen) atoms. The van der Waals surface area contributed by atoms with Crippen LogP contribution in [0.5, 0.6) is 0 Å². The van der Waals surface area contributed by atoms with Crippen molar-refractivity contribution in [3.05, 3.63) is 0 Å². The van der Waals surface area contributed by atoms with E-state index in [1.54, 1.807) is 0 Å². The molecule has 0 N–H and O–H groups in total. The summed E-state index contributed by atoms with van der Waals surface area (Å²) < 4.78 is 0.998. The van der Waals surface area contributed by atoms with Gasteiger partial charge >= 0.3 is 58.0 Å². The zero-order chi connectivity index (χ0) is 4.99. The summed E-state index contributed by atoms with van der Waals surface area (Å²) in [5, 5.41) is 1.21. The van der Waals surface area contributed by atoms with Gasteiger partial charge in [-0.1, -0.05) is 0 Å². The topological polar surface area (TPSA) is 0 Å². The molecule has 0 saturated carbocycles. The molecule has 0 aliphatic heterocycles. The Bertz CT molecular complexity index is 54.8. The van der Waals surface area contributed by atoms with Gasteiger partial charge in [0.15, 0.2) is 0 Å². The molecule has 0 heterocycles. The quantitative estimate of drug-likeness (QED) is 0.397.